The fourth-order valence-electron chi connectivity index (χ4n) is 3.56. The highest BCUT2D eigenvalue weighted by atomic mass is 32.2. The molecule has 0 spiro atoms. The molecular formula is C23H31N3O4S. The molecule has 0 radical (unpaired) electrons. The van der Waals surface area contributed by atoms with Crippen molar-refractivity contribution in [3.63, 3.8) is 0 Å². The zero-order chi connectivity index (χ0) is 22.6. The van der Waals surface area contributed by atoms with Crippen LogP contribution in [0.4, 0.5) is 11.4 Å². The predicted octanol–water partition coefficient (Wildman–Crippen LogP) is 3.56. The normalized spacial score (nSPS) is 14.8. The van der Waals surface area contributed by atoms with Crippen molar-refractivity contribution in [2.75, 3.05) is 44.0 Å². The number of carbonyl (C=O) groups is 1. The van der Waals surface area contributed by atoms with E-state index in [1.165, 1.54) is 10.4 Å². The maximum absolute atomic E-state index is 13.1. The quantitative estimate of drug-likeness (QED) is 0.705. The second-order valence-corrected chi connectivity index (χ2v) is 10.1. The lowest BCUT2D eigenvalue weighted by Gasteiger charge is -2.26. The molecule has 7 nitrogen and oxygen atoms in total. The highest BCUT2D eigenvalue weighted by molar-refractivity contribution is 7.89. The lowest BCUT2D eigenvalue weighted by atomic mass is 10.1. The lowest BCUT2D eigenvalue weighted by Crippen LogP contribution is -2.35. The molecule has 8 heteroatoms. The maximum atomic E-state index is 13.1. The summed E-state index contributed by atoms with van der Waals surface area (Å²) in [6, 6.07) is 10.5. The molecule has 1 saturated heterocycles. The topological polar surface area (TPSA) is 78.9 Å². The molecule has 31 heavy (non-hydrogen) atoms. The van der Waals surface area contributed by atoms with Crippen LogP contribution in [0.3, 0.4) is 0 Å². The van der Waals surface area contributed by atoms with E-state index in [4.69, 9.17) is 4.74 Å². The Bertz CT molecular complexity index is 1040. The van der Waals surface area contributed by atoms with Crippen molar-refractivity contribution in [1.82, 2.24) is 4.31 Å². The van der Waals surface area contributed by atoms with Crippen molar-refractivity contribution >= 4 is 27.3 Å². The van der Waals surface area contributed by atoms with Gasteiger partial charge in [-0.1, -0.05) is 12.5 Å². The second-order valence-electron chi connectivity index (χ2n) is 8.12. The molecule has 1 N–H and O–H groups in total. The Morgan fingerprint density at radius 1 is 1.03 bits per heavy atom. The van der Waals surface area contributed by atoms with E-state index in [0.717, 1.165) is 36.1 Å². The molecule has 1 aliphatic heterocycles. The fourth-order valence-corrected chi connectivity index (χ4v) is 5.10. The number of benzene rings is 2. The van der Waals surface area contributed by atoms with Gasteiger partial charge in [-0.25, -0.2) is 8.42 Å². The van der Waals surface area contributed by atoms with Crippen molar-refractivity contribution in [3.05, 3.63) is 47.5 Å². The molecule has 168 valence electrons. The zero-order valence-electron chi connectivity index (χ0n) is 18.6. The van der Waals surface area contributed by atoms with Crippen LogP contribution in [0.5, 0.6) is 5.75 Å². The summed E-state index contributed by atoms with van der Waals surface area (Å²) in [6.45, 7) is 4.89. The van der Waals surface area contributed by atoms with Crippen LogP contribution in [0.15, 0.2) is 41.3 Å². The van der Waals surface area contributed by atoms with Gasteiger partial charge in [0.1, 0.15) is 5.75 Å². The van der Waals surface area contributed by atoms with E-state index < -0.39 is 10.0 Å². The van der Waals surface area contributed by atoms with E-state index in [1.807, 2.05) is 51.0 Å². The summed E-state index contributed by atoms with van der Waals surface area (Å²) in [5, 5.41) is 2.81. The molecule has 0 aromatic heterocycles. The Kier molecular flexibility index (Phi) is 7.23. The van der Waals surface area contributed by atoms with Crippen LogP contribution in [-0.2, 0) is 14.8 Å². The molecular weight excluding hydrogens is 414 g/mol. The predicted molar refractivity (Wildman–Crippen MR) is 123 cm³/mol. The molecule has 0 saturated carbocycles. The highest BCUT2D eigenvalue weighted by Gasteiger charge is 2.27. The van der Waals surface area contributed by atoms with Crippen LogP contribution >= 0.6 is 0 Å². The van der Waals surface area contributed by atoms with E-state index in [1.54, 1.807) is 12.1 Å². The van der Waals surface area contributed by atoms with Crippen LogP contribution < -0.4 is 15.0 Å². The number of hydrogen-bond acceptors (Lipinski definition) is 5. The third kappa shape index (κ3) is 5.57. The Hall–Kier alpha value is -2.58. The number of hydrogen-bond donors (Lipinski definition) is 1. The standard InChI is InChI=1S/C23H31N3O4S/c1-17-8-9-19(14-18(17)2)30-16-23(27)24-21-15-20(10-11-22(21)25(3)4)31(28,29)26-12-6-5-7-13-26/h8-11,14-15H,5-7,12-13,16H2,1-4H3,(H,24,27). The molecule has 0 aliphatic carbocycles. The van der Waals surface area contributed by atoms with Crippen LogP contribution in [0.1, 0.15) is 30.4 Å². The van der Waals surface area contributed by atoms with E-state index >= 15 is 0 Å². The Morgan fingerprint density at radius 2 is 1.74 bits per heavy atom. The van der Waals surface area contributed by atoms with Gasteiger partial charge in [0.05, 0.1) is 16.3 Å². The average molecular weight is 446 g/mol. The van der Waals surface area contributed by atoms with Crippen molar-refractivity contribution in [1.29, 1.82) is 0 Å². The maximum Gasteiger partial charge on any atom is 0.262 e. The number of piperidine rings is 1. The molecule has 0 atom stereocenters. The number of ether oxygens (including phenoxy) is 1. The molecule has 1 amide bonds. The molecule has 3 rings (SSSR count). The molecule has 0 bridgehead atoms. The number of amides is 1. The van der Waals surface area contributed by atoms with Gasteiger partial charge >= 0.3 is 0 Å². The first-order chi connectivity index (χ1) is 14.7. The second kappa shape index (κ2) is 9.70. The number of nitrogens with zero attached hydrogens (tertiary/aromatic N) is 2. The minimum absolute atomic E-state index is 0.168. The van der Waals surface area contributed by atoms with Crippen LogP contribution in [-0.4, -0.2) is 52.4 Å². The van der Waals surface area contributed by atoms with Crippen molar-refractivity contribution in [2.24, 2.45) is 0 Å². The van der Waals surface area contributed by atoms with Crippen molar-refractivity contribution in [3.8, 4) is 5.75 Å². The first-order valence-corrected chi connectivity index (χ1v) is 11.9. The van der Waals surface area contributed by atoms with Gasteiger partial charge in [0.25, 0.3) is 5.91 Å². The summed E-state index contributed by atoms with van der Waals surface area (Å²) < 4.78 is 33.2. The lowest BCUT2D eigenvalue weighted by molar-refractivity contribution is -0.118. The highest BCUT2D eigenvalue weighted by Crippen LogP contribution is 2.30. The number of anilines is 2. The Morgan fingerprint density at radius 3 is 2.39 bits per heavy atom. The van der Waals surface area contributed by atoms with Crippen molar-refractivity contribution < 1.29 is 17.9 Å². The zero-order valence-corrected chi connectivity index (χ0v) is 19.5. The van der Waals surface area contributed by atoms with Crippen LogP contribution in [0.2, 0.25) is 0 Å². The van der Waals surface area contributed by atoms with E-state index in [0.29, 0.717) is 24.5 Å². The minimum Gasteiger partial charge on any atom is -0.484 e. The third-order valence-corrected chi connectivity index (χ3v) is 7.42. The largest absolute Gasteiger partial charge is 0.484 e. The van der Waals surface area contributed by atoms with Gasteiger partial charge < -0.3 is 15.0 Å². The van der Waals surface area contributed by atoms with Crippen LogP contribution in [0.25, 0.3) is 0 Å². The van der Waals surface area contributed by atoms with Gasteiger partial charge in [-0.05, 0) is 68.1 Å². The fraction of sp³-hybridized carbons (Fsp3) is 0.435. The van der Waals surface area contributed by atoms with Gasteiger partial charge in [0, 0.05) is 27.2 Å². The smallest absolute Gasteiger partial charge is 0.262 e. The number of carbonyl (C=O) groups excluding carboxylic acids is 1. The molecule has 1 fully saturated rings. The van der Waals surface area contributed by atoms with Gasteiger partial charge in [-0.3, -0.25) is 4.79 Å². The average Bonchev–Trinajstić information content (AvgIpc) is 2.75. The van der Waals surface area contributed by atoms with E-state index in [9.17, 15) is 13.2 Å². The summed E-state index contributed by atoms with van der Waals surface area (Å²) in [7, 11) is 0.0906. The molecule has 2 aromatic rings. The van der Waals surface area contributed by atoms with Crippen LogP contribution in [0, 0.1) is 13.8 Å². The molecule has 1 heterocycles. The summed E-state index contributed by atoms with van der Waals surface area (Å²) >= 11 is 0. The number of rotatable bonds is 7. The number of aryl methyl sites for hydroxylation is 2. The summed E-state index contributed by atoms with van der Waals surface area (Å²) in [5.41, 5.74) is 3.40. The molecule has 0 unspecified atom stereocenters. The summed E-state index contributed by atoms with van der Waals surface area (Å²) in [5.74, 6) is 0.265. The number of sulfonamides is 1. The monoisotopic (exact) mass is 445 g/mol. The Labute approximate surface area is 185 Å². The molecule has 1 aliphatic rings. The Balaban J connectivity index is 1.77. The molecule has 2 aromatic carbocycles. The van der Waals surface area contributed by atoms with Gasteiger partial charge in [-0.15, -0.1) is 0 Å². The summed E-state index contributed by atoms with van der Waals surface area (Å²) in [6.07, 6.45) is 2.79. The summed E-state index contributed by atoms with van der Waals surface area (Å²) in [4.78, 5) is 14.6. The third-order valence-electron chi connectivity index (χ3n) is 5.53. The van der Waals surface area contributed by atoms with Gasteiger partial charge in [-0.2, -0.15) is 4.31 Å². The van der Waals surface area contributed by atoms with Gasteiger partial charge in [0.2, 0.25) is 10.0 Å². The van der Waals surface area contributed by atoms with Crippen molar-refractivity contribution in [2.45, 2.75) is 38.0 Å². The first-order valence-electron chi connectivity index (χ1n) is 10.5. The minimum atomic E-state index is -3.59. The first kappa shape index (κ1) is 23.1. The van der Waals surface area contributed by atoms with E-state index in [2.05, 4.69) is 5.32 Å². The number of nitrogens with one attached hydrogen (secondary N) is 1. The SMILES string of the molecule is Cc1ccc(OCC(=O)Nc2cc(S(=O)(=O)N3CCCCC3)ccc2N(C)C)cc1C. The van der Waals surface area contributed by atoms with E-state index in [-0.39, 0.29) is 17.4 Å². The van der Waals surface area contributed by atoms with Gasteiger partial charge in [0.15, 0.2) is 6.61 Å².